The van der Waals surface area contributed by atoms with Crippen LogP contribution in [0.15, 0.2) is 35.0 Å². The van der Waals surface area contributed by atoms with E-state index in [1.54, 1.807) is 19.2 Å². The summed E-state index contributed by atoms with van der Waals surface area (Å²) in [6.45, 7) is 4.22. The zero-order valence-electron chi connectivity index (χ0n) is 13.4. The first-order valence-corrected chi connectivity index (χ1v) is 8.09. The molecule has 1 atom stereocenters. The number of carbonyl (C=O) groups excluding carboxylic acids is 1. The van der Waals surface area contributed by atoms with E-state index in [-0.39, 0.29) is 11.9 Å². The van der Waals surface area contributed by atoms with Gasteiger partial charge in [-0.05, 0) is 51.4 Å². The van der Waals surface area contributed by atoms with Crippen molar-refractivity contribution in [3.8, 4) is 0 Å². The van der Waals surface area contributed by atoms with Gasteiger partial charge in [-0.1, -0.05) is 11.2 Å². The maximum atomic E-state index is 12.9. The summed E-state index contributed by atoms with van der Waals surface area (Å²) in [5, 5.41) is 7.29. The van der Waals surface area contributed by atoms with Crippen LogP contribution in [0.25, 0.3) is 0 Å². The molecule has 0 aliphatic carbocycles. The number of amides is 1. The molecular weight excluding hydrogens is 292 g/mol. The predicted octanol–water partition coefficient (Wildman–Crippen LogP) is 2.16. The number of aryl methyl sites for hydroxylation is 1. The molecule has 3 heterocycles. The lowest BCUT2D eigenvalue weighted by atomic mass is 10.1. The molecule has 1 fully saturated rings. The quantitative estimate of drug-likeness (QED) is 0.936. The molecular formula is C17H22N4O2. The summed E-state index contributed by atoms with van der Waals surface area (Å²) in [7, 11) is 0. The summed E-state index contributed by atoms with van der Waals surface area (Å²) in [5.41, 5.74) is 1.26. The minimum atomic E-state index is -0.0839. The van der Waals surface area contributed by atoms with E-state index >= 15 is 0 Å². The number of nitrogens with one attached hydrogen (secondary N) is 1. The third-order valence-electron chi connectivity index (χ3n) is 4.15. The monoisotopic (exact) mass is 314 g/mol. The van der Waals surface area contributed by atoms with Crippen LogP contribution < -0.4 is 5.32 Å². The van der Waals surface area contributed by atoms with Crippen LogP contribution in [0.2, 0.25) is 0 Å². The molecule has 23 heavy (non-hydrogen) atoms. The Morgan fingerprint density at radius 3 is 3.04 bits per heavy atom. The Kier molecular flexibility index (Phi) is 5.02. The van der Waals surface area contributed by atoms with Crippen LogP contribution in [0.1, 0.15) is 41.2 Å². The van der Waals surface area contributed by atoms with Gasteiger partial charge in [0.2, 0.25) is 0 Å². The first-order chi connectivity index (χ1) is 11.2. The second-order valence-corrected chi connectivity index (χ2v) is 5.91. The van der Waals surface area contributed by atoms with Gasteiger partial charge in [0, 0.05) is 18.3 Å². The van der Waals surface area contributed by atoms with Gasteiger partial charge in [0.1, 0.15) is 5.76 Å². The molecule has 0 saturated carbocycles. The number of pyridine rings is 1. The molecule has 1 aliphatic heterocycles. The Morgan fingerprint density at radius 1 is 1.39 bits per heavy atom. The van der Waals surface area contributed by atoms with E-state index in [1.807, 2.05) is 23.1 Å². The van der Waals surface area contributed by atoms with Crippen molar-refractivity contribution in [2.75, 3.05) is 13.1 Å². The minimum absolute atomic E-state index is 0.0839. The first-order valence-electron chi connectivity index (χ1n) is 8.09. The van der Waals surface area contributed by atoms with Crippen LogP contribution in [-0.4, -0.2) is 40.1 Å². The van der Waals surface area contributed by atoms with Gasteiger partial charge in [0.25, 0.3) is 5.91 Å². The summed E-state index contributed by atoms with van der Waals surface area (Å²) in [6, 6.07) is 7.66. The Labute approximate surface area is 135 Å². The highest BCUT2D eigenvalue weighted by Gasteiger charge is 2.27. The molecule has 1 aliphatic rings. The third kappa shape index (κ3) is 3.96. The highest BCUT2D eigenvalue weighted by atomic mass is 16.5. The zero-order valence-corrected chi connectivity index (χ0v) is 13.4. The minimum Gasteiger partial charge on any atom is -0.361 e. The first kappa shape index (κ1) is 15.7. The van der Waals surface area contributed by atoms with E-state index in [0.29, 0.717) is 18.0 Å². The zero-order chi connectivity index (χ0) is 16.1. The fourth-order valence-corrected chi connectivity index (χ4v) is 2.96. The average Bonchev–Trinajstić information content (AvgIpc) is 2.84. The van der Waals surface area contributed by atoms with Gasteiger partial charge in [0.15, 0.2) is 5.69 Å². The Balaban J connectivity index is 1.84. The van der Waals surface area contributed by atoms with E-state index in [4.69, 9.17) is 4.52 Å². The van der Waals surface area contributed by atoms with Crippen molar-refractivity contribution in [2.45, 2.75) is 38.8 Å². The van der Waals surface area contributed by atoms with Gasteiger partial charge in [-0.15, -0.1) is 0 Å². The molecule has 2 aromatic rings. The van der Waals surface area contributed by atoms with Gasteiger partial charge < -0.3 is 14.7 Å². The standard InChI is InChI=1S/C17H22N4O2/c1-13-11-16(20-23-13)17(22)21(12-14-5-2-3-9-19-14)15-6-4-8-18-10-7-15/h2-3,5,9,11,15,18H,4,6-8,10,12H2,1H3/t15-/m1/s1. The SMILES string of the molecule is Cc1cc(C(=O)N(Cc2ccccn2)[C@@H]2CCCNCC2)no1. The summed E-state index contributed by atoms with van der Waals surface area (Å²) in [6.07, 6.45) is 4.75. The van der Waals surface area contributed by atoms with Crippen LogP contribution in [0.3, 0.4) is 0 Å². The van der Waals surface area contributed by atoms with Crippen LogP contribution in [0.4, 0.5) is 0 Å². The Bertz CT molecular complexity index is 633. The molecule has 1 amide bonds. The van der Waals surface area contributed by atoms with E-state index in [1.165, 1.54) is 0 Å². The molecule has 1 saturated heterocycles. The number of hydrogen-bond donors (Lipinski definition) is 1. The number of hydrogen-bond acceptors (Lipinski definition) is 5. The number of carbonyl (C=O) groups is 1. The summed E-state index contributed by atoms with van der Waals surface area (Å²) >= 11 is 0. The van der Waals surface area contributed by atoms with Crippen molar-refractivity contribution in [2.24, 2.45) is 0 Å². The number of aromatic nitrogens is 2. The largest absolute Gasteiger partial charge is 0.361 e. The number of nitrogens with zero attached hydrogens (tertiary/aromatic N) is 3. The molecule has 2 aromatic heterocycles. The van der Waals surface area contributed by atoms with Gasteiger partial charge in [-0.25, -0.2) is 0 Å². The van der Waals surface area contributed by atoms with Crippen molar-refractivity contribution >= 4 is 5.91 Å². The van der Waals surface area contributed by atoms with Crippen LogP contribution >= 0.6 is 0 Å². The molecule has 0 spiro atoms. The Morgan fingerprint density at radius 2 is 2.30 bits per heavy atom. The summed E-state index contributed by atoms with van der Waals surface area (Å²) < 4.78 is 5.07. The second-order valence-electron chi connectivity index (χ2n) is 5.91. The predicted molar refractivity (Wildman–Crippen MR) is 85.9 cm³/mol. The second kappa shape index (κ2) is 7.37. The smallest absolute Gasteiger partial charge is 0.276 e. The molecule has 6 nitrogen and oxygen atoms in total. The molecule has 0 unspecified atom stereocenters. The fourth-order valence-electron chi connectivity index (χ4n) is 2.96. The normalized spacial score (nSPS) is 18.4. The lowest BCUT2D eigenvalue weighted by Crippen LogP contribution is -2.40. The number of rotatable bonds is 4. The fraction of sp³-hybridized carbons (Fsp3) is 0.471. The van der Waals surface area contributed by atoms with Crippen LogP contribution in [0.5, 0.6) is 0 Å². The molecule has 1 N–H and O–H groups in total. The maximum absolute atomic E-state index is 12.9. The van der Waals surface area contributed by atoms with Gasteiger partial charge in [0.05, 0.1) is 12.2 Å². The van der Waals surface area contributed by atoms with Crippen molar-refractivity contribution in [3.05, 3.63) is 47.6 Å². The maximum Gasteiger partial charge on any atom is 0.276 e. The van der Waals surface area contributed by atoms with E-state index in [0.717, 1.165) is 38.0 Å². The highest BCUT2D eigenvalue weighted by molar-refractivity contribution is 5.92. The molecule has 6 heteroatoms. The van der Waals surface area contributed by atoms with Crippen molar-refractivity contribution in [1.82, 2.24) is 20.4 Å². The topological polar surface area (TPSA) is 71.3 Å². The molecule has 122 valence electrons. The van der Waals surface area contributed by atoms with Gasteiger partial charge in [-0.2, -0.15) is 0 Å². The van der Waals surface area contributed by atoms with Gasteiger partial charge >= 0.3 is 0 Å². The molecule has 0 aromatic carbocycles. The van der Waals surface area contributed by atoms with Crippen molar-refractivity contribution in [1.29, 1.82) is 0 Å². The van der Waals surface area contributed by atoms with Gasteiger partial charge in [-0.3, -0.25) is 9.78 Å². The molecule has 0 radical (unpaired) electrons. The molecule has 3 rings (SSSR count). The van der Waals surface area contributed by atoms with Crippen LogP contribution in [-0.2, 0) is 6.54 Å². The third-order valence-corrected chi connectivity index (χ3v) is 4.15. The average molecular weight is 314 g/mol. The summed E-state index contributed by atoms with van der Waals surface area (Å²) in [4.78, 5) is 19.2. The highest BCUT2D eigenvalue weighted by Crippen LogP contribution is 2.19. The van der Waals surface area contributed by atoms with E-state index in [9.17, 15) is 4.79 Å². The van der Waals surface area contributed by atoms with Crippen molar-refractivity contribution in [3.63, 3.8) is 0 Å². The summed E-state index contributed by atoms with van der Waals surface area (Å²) in [5.74, 6) is 0.563. The van der Waals surface area contributed by atoms with E-state index < -0.39 is 0 Å². The Hall–Kier alpha value is -2.21. The lowest BCUT2D eigenvalue weighted by molar-refractivity contribution is 0.0631. The molecule has 0 bridgehead atoms. The van der Waals surface area contributed by atoms with Crippen molar-refractivity contribution < 1.29 is 9.32 Å². The van der Waals surface area contributed by atoms with Crippen LogP contribution in [0, 0.1) is 6.92 Å². The lowest BCUT2D eigenvalue weighted by Gasteiger charge is -2.30. The van der Waals surface area contributed by atoms with E-state index in [2.05, 4.69) is 15.5 Å².